The van der Waals surface area contributed by atoms with E-state index in [1.165, 1.54) is 180 Å². The molecule has 79 heavy (non-hydrogen) atoms. The van der Waals surface area contributed by atoms with Crippen molar-refractivity contribution in [2.24, 2.45) is 5.73 Å². The van der Waals surface area contributed by atoms with Crippen molar-refractivity contribution < 1.29 is 37.6 Å². The maximum absolute atomic E-state index is 12.7. The molecule has 0 saturated carbocycles. The van der Waals surface area contributed by atoms with Gasteiger partial charge in [-0.1, -0.05) is 311 Å². The van der Waals surface area contributed by atoms with E-state index >= 15 is 0 Å². The zero-order chi connectivity index (χ0) is 57.3. The fourth-order valence-electron chi connectivity index (χ4n) is 9.44. The molecular weight excluding hydrogens is 1000 g/mol. The monoisotopic (exact) mass is 1130 g/mol. The van der Waals surface area contributed by atoms with Crippen molar-refractivity contribution in [3.63, 3.8) is 0 Å². The van der Waals surface area contributed by atoms with Crippen LogP contribution in [0.4, 0.5) is 0 Å². The summed E-state index contributed by atoms with van der Waals surface area (Å²) in [7, 11) is -4.40. The van der Waals surface area contributed by atoms with Crippen LogP contribution >= 0.6 is 7.82 Å². The van der Waals surface area contributed by atoms with Gasteiger partial charge in [0.25, 0.3) is 0 Å². The van der Waals surface area contributed by atoms with E-state index < -0.39 is 26.5 Å². The number of unbranched alkanes of at least 4 members (excludes halogenated alkanes) is 35. The zero-order valence-electron chi connectivity index (χ0n) is 51.3. The van der Waals surface area contributed by atoms with Crippen LogP contribution in [0.2, 0.25) is 0 Å². The minimum Gasteiger partial charge on any atom is -0.462 e. The molecule has 0 aliphatic heterocycles. The van der Waals surface area contributed by atoms with Crippen molar-refractivity contribution in [2.75, 3.05) is 26.4 Å². The van der Waals surface area contributed by atoms with E-state index in [1.807, 2.05) is 0 Å². The Labute approximate surface area is 487 Å². The van der Waals surface area contributed by atoms with Gasteiger partial charge < -0.3 is 20.1 Å². The molecule has 0 aliphatic rings. The van der Waals surface area contributed by atoms with Crippen molar-refractivity contribution in [1.82, 2.24) is 0 Å². The lowest BCUT2D eigenvalue weighted by molar-refractivity contribution is -0.161. The number of nitrogens with two attached hydrogens (primary N) is 1. The highest BCUT2D eigenvalue weighted by molar-refractivity contribution is 7.47. The maximum atomic E-state index is 12.7. The van der Waals surface area contributed by atoms with Gasteiger partial charge >= 0.3 is 19.8 Å². The second-order valence-electron chi connectivity index (χ2n) is 22.0. The molecule has 0 rings (SSSR count). The molecular formula is C69H124NO8P. The third-order valence-electron chi connectivity index (χ3n) is 14.3. The Morgan fingerprint density at radius 1 is 0.392 bits per heavy atom. The van der Waals surface area contributed by atoms with Crippen LogP contribution in [-0.2, 0) is 32.7 Å². The predicted octanol–water partition coefficient (Wildman–Crippen LogP) is 21.4. The molecule has 3 N–H and O–H groups in total. The third kappa shape index (κ3) is 64.2. The maximum Gasteiger partial charge on any atom is 0.472 e. The van der Waals surface area contributed by atoms with Gasteiger partial charge in [0, 0.05) is 19.4 Å². The summed E-state index contributed by atoms with van der Waals surface area (Å²) in [6, 6.07) is 0. The Hall–Kier alpha value is -2.81. The number of esters is 2. The van der Waals surface area contributed by atoms with Gasteiger partial charge in [-0.15, -0.1) is 0 Å². The van der Waals surface area contributed by atoms with Crippen LogP contribution in [0.15, 0.2) is 85.1 Å². The molecule has 0 amide bonds. The molecule has 458 valence electrons. The van der Waals surface area contributed by atoms with E-state index in [0.29, 0.717) is 6.42 Å². The molecule has 0 fully saturated rings. The first-order chi connectivity index (χ1) is 38.8. The van der Waals surface area contributed by atoms with Crippen LogP contribution in [0.3, 0.4) is 0 Å². The van der Waals surface area contributed by atoms with Gasteiger partial charge in [0.15, 0.2) is 6.10 Å². The smallest absolute Gasteiger partial charge is 0.462 e. The summed E-state index contributed by atoms with van der Waals surface area (Å²) in [5.74, 6) is -0.842. The van der Waals surface area contributed by atoms with Crippen LogP contribution in [0, 0.1) is 0 Å². The minimum absolute atomic E-state index is 0.0471. The molecule has 2 atom stereocenters. The average molecular weight is 1130 g/mol. The number of carbonyl (C=O) groups excluding carboxylic acids is 2. The van der Waals surface area contributed by atoms with Gasteiger partial charge in [-0.3, -0.25) is 18.6 Å². The van der Waals surface area contributed by atoms with Gasteiger partial charge in [0.05, 0.1) is 13.2 Å². The number of phosphoric acid groups is 1. The molecule has 0 heterocycles. The van der Waals surface area contributed by atoms with Gasteiger partial charge in [0.1, 0.15) is 6.61 Å². The van der Waals surface area contributed by atoms with E-state index in [0.717, 1.165) is 96.3 Å². The van der Waals surface area contributed by atoms with Crippen LogP contribution in [0.5, 0.6) is 0 Å². The zero-order valence-corrected chi connectivity index (χ0v) is 52.2. The summed E-state index contributed by atoms with van der Waals surface area (Å²) in [5, 5.41) is 0. The molecule has 0 radical (unpaired) electrons. The Morgan fingerprint density at radius 3 is 1.04 bits per heavy atom. The van der Waals surface area contributed by atoms with Crippen LogP contribution in [0.25, 0.3) is 0 Å². The molecule has 0 aromatic carbocycles. The number of phosphoric ester groups is 1. The standard InChI is InChI=1S/C69H124NO8P/c1-3-5-7-9-11-13-15-17-19-21-23-25-27-29-31-32-33-34-36-37-39-41-43-45-47-49-51-53-55-57-59-61-68(71)75-65-67(66-77-79(73,74)76-64-63-70)78-69(72)62-60-58-56-54-52-50-48-46-44-42-40-38-35-30-28-26-24-22-20-18-16-14-12-10-8-6-4-2/h6,8,12,14,18,20,24,26,30,35,40,42,46,48,67H,3-5,7,9-11,13,15-17,19,21-23,25,27-29,31-34,36-39,41,43-45,47,49-66,70H2,1-2H3,(H,73,74)/b8-6-,14-12-,20-18-,26-24-,35-30-,42-40-,48-46-. The molecule has 0 aromatic rings. The van der Waals surface area contributed by atoms with Gasteiger partial charge in [-0.25, -0.2) is 4.57 Å². The topological polar surface area (TPSA) is 134 Å². The molecule has 9 nitrogen and oxygen atoms in total. The first-order valence-corrected chi connectivity index (χ1v) is 34.6. The number of allylic oxidation sites excluding steroid dienone is 14. The SMILES string of the molecule is CC/C=C\C/C=C\C/C=C\C/C=C\C/C=C\C/C=C\C/C=C\CCCCCCCC(=O)OC(COC(=O)CCCCCCCCCCCCCCCCCCCCCCCCCCCCCCCCC)COP(=O)(O)OCCN. The van der Waals surface area contributed by atoms with E-state index in [2.05, 4.69) is 98.9 Å². The van der Waals surface area contributed by atoms with Crippen molar-refractivity contribution in [3.8, 4) is 0 Å². The Balaban J connectivity index is 3.93. The second kappa shape index (κ2) is 64.4. The average Bonchev–Trinajstić information content (AvgIpc) is 3.44. The highest BCUT2D eigenvalue weighted by Crippen LogP contribution is 2.43. The van der Waals surface area contributed by atoms with E-state index in [9.17, 15) is 19.0 Å². The van der Waals surface area contributed by atoms with E-state index in [4.69, 9.17) is 24.3 Å². The molecule has 0 aromatic heterocycles. The fourth-order valence-corrected chi connectivity index (χ4v) is 10.2. The van der Waals surface area contributed by atoms with E-state index in [-0.39, 0.29) is 38.6 Å². The quantitative estimate of drug-likeness (QED) is 0.0264. The summed E-state index contributed by atoms with van der Waals surface area (Å²) < 4.78 is 33.1. The Kier molecular flexibility index (Phi) is 62.1. The normalized spacial score (nSPS) is 13.5. The summed E-state index contributed by atoms with van der Waals surface area (Å²) >= 11 is 0. The number of ether oxygens (including phenoxy) is 2. The lowest BCUT2D eigenvalue weighted by atomic mass is 10.0. The van der Waals surface area contributed by atoms with Gasteiger partial charge in [0.2, 0.25) is 0 Å². The molecule has 10 heteroatoms. The lowest BCUT2D eigenvalue weighted by Gasteiger charge is -2.19. The number of rotatable bonds is 62. The van der Waals surface area contributed by atoms with Crippen molar-refractivity contribution in [3.05, 3.63) is 85.1 Å². The van der Waals surface area contributed by atoms with Crippen LogP contribution in [-0.4, -0.2) is 49.3 Å². The number of carbonyl (C=O) groups is 2. The first kappa shape index (κ1) is 76.2. The van der Waals surface area contributed by atoms with Crippen molar-refractivity contribution in [1.29, 1.82) is 0 Å². The van der Waals surface area contributed by atoms with Crippen molar-refractivity contribution >= 4 is 19.8 Å². The Morgan fingerprint density at radius 2 is 0.696 bits per heavy atom. The summed E-state index contributed by atoms with van der Waals surface area (Å²) in [5.41, 5.74) is 5.39. The van der Waals surface area contributed by atoms with Crippen LogP contribution < -0.4 is 5.73 Å². The second-order valence-corrected chi connectivity index (χ2v) is 23.4. The third-order valence-corrected chi connectivity index (χ3v) is 15.3. The Bertz CT molecular complexity index is 1570. The largest absolute Gasteiger partial charge is 0.472 e. The molecule has 2 unspecified atom stereocenters. The molecule has 0 bridgehead atoms. The van der Waals surface area contributed by atoms with Gasteiger partial charge in [-0.2, -0.15) is 0 Å². The van der Waals surface area contributed by atoms with Crippen molar-refractivity contribution in [2.45, 2.75) is 315 Å². The summed E-state index contributed by atoms with van der Waals surface area (Å²) in [4.78, 5) is 35.3. The number of hydrogen-bond donors (Lipinski definition) is 2. The summed E-state index contributed by atoms with van der Waals surface area (Å²) in [6.07, 6.45) is 85.3. The predicted molar refractivity (Wildman–Crippen MR) is 339 cm³/mol. The lowest BCUT2D eigenvalue weighted by Crippen LogP contribution is -2.29. The van der Waals surface area contributed by atoms with E-state index in [1.54, 1.807) is 0 Å². The molecule has 0 aliphatic carbocycles. The first-order valence-electron chi connectivity index (χ1n) is 33.1. The summed E-state index contributed by atoms with van der Waals surface area (Å²) in [6.45, 7) is 3.64. The van der Waals surface area contributed by atoms with Gasteiger partial charge in [-0.05, 0) is 70.6 Å². The highest BCUT2D eigenvalue weighted by atomic mass is 31.2. The molecule has 0 spiro atoms. The minimum atomic E-state index is -4.40. The van der Waals surface area contributed by atoms with Crippen LogP contribution in [0.1, 0.15) is 309 Å². The highest BCUT2D eigenvalue weighted by Gasteiger charge is 2.26. The molecule has 0 saturated heterocycles. The number of hydrogen-bond acceptors (Lipinski definition) is 8. The fraction of sp³-hybridized carbons (Fsp3) is 0.768.